The molecule has 0 unspecified atom stereocenters. The molecule has 0 saturated carbocycles. The van der Waals surface area contributed by atoms with Gasteiger partial charge in [-0.2, -0.15) is 0 Å². The predicted octanol–water partition coefficient (Wildman–Crippen LogP) is 4.76. The second kappa shape index (κ2) is 3.87. The van der Waals surface area contributed by atoms with Crippen molar-refractivity contribution >= 4 is 5.57 Å². The highest BCUT2D eigenvalue weighted by atomic mass is 14.4. The van der Waals surface area contributed by atoms with Crippen LogP contribution in [0.1, 0.15) is 44.2 Å². The van der Waals surface area contributed by atoms with Crippen LogP contribution in [0.5, 0.6) is 0 Å². The zero-order valence-electron chi connectivity index (χ0n) is 10.8. The van der Waals surface area contributed by atoms with E-state index in [1.54, 1.807) is 11.1 Å². The Balaban J connectivity index is 2.02. The summed E-state index contributed by atoms with van der Waals surface area (Å²) in [5, 5.41) is 0. The lowest BCUT2D eigenvalue weighted by Gasteiger charge is -2.32. The molecule has 3 rings (SSSR count). The van der Waals surface area contributed by atoms with Crippen LogP contribution in [0.2, 0.25) is 0 Å². The Bertz CT molecular complexity index is 499. The first-order valence-corrected chi connectivity index (χ1v) is 6.77. The molecular weight excluding hydrogens is 204 g/mol. The highest BCUT2D eigenvalue weighted by Crippen LogP contribution is 2.47. The van der Waals surface area contributed by atoms with Crippen molar-refractivity contribution in [3.05, 3.63) is 53.1 Å². The van der Waals surface area contributed by atoms with Crippen molar-refractivity contribution in [2.24, 2.45) is 5.41 Å². The van der Waals surface area contributed by atoms with E-state index in [-0.39, 0.29) is 0 Å². The molecule has 0 bridgehead atoms. The Morgan fingerprint density at radius 3 is 2.65 bits per heavy atom. The second-order valence-electron chi connectivity index (χ2n) is 5.42. The quantitative estimate of drug-likeness (QED) is 0.679. The molecule has 1 aromatic carbocycles. The minimum absolute atomic E-state index is 0.413. The Morgan fingerprint density at radius 2 is 1.88 bits per heavy atom. The lowest BCUT2D eigenvalue weighted by atomic mass is 9.72. The average Bonchev–Trinajstić information content (AvgIpc) is 2.76. The summed E-state index contributed by atoms with van der Waals surface area (Å²) >= 11 is 0. The molecule has 0 N–H and O–H groups in total. The average molecular weight is 224 g/mol. The summed E-state index contributed by atoms with van der Waals surface area (Å²) in [7, 11) is 0. The molecule has 88 valence electrons. The highest BCUT2D eigenvalue weighted by molar-refractivity contribution is 5.80. The topological polar surface area (TPSA) is 0 Å². The van der Waals surface area contributed by atoms with Crippen molar-refractivity contribution in [3.63, 3.8) is 0 Å². The maximum Gasteiger partial charge on any atom is -0.00169 e. The number of benzene rings is 1. The van der Waals surface area contributed by atoms with E-state index in [1.807, 2.05) is 0 Å². The summed E-state index contributed by atoms with van der Waals surface area (Å²) in [5.41, 5.74) is 6.62. The van der Waals surface area contributed by atoms with Gasteiger partial charge in [0.2, 0.25) is 0 Å². The molecule has 0 aliphatic heterocycles. The van der Waals surface area contributed by atoms with Gasteiger partial charge in [0.15, 0.2) is 0 Å². The van der Waals surface area contributed by atoms with Crippen LogP contribution < -0.4 is 0 Å². The van der Waals surface area contributed by atoms with E-state index in [4.69, 9.17) is 0 Å². The zero-order chi connectivity index (χ0) is 11.9. The Labute approximate surface area is 104 Å². The molecule has 0 spiro atoms. The third kappa shape index (κ3) is 1.58. The van der Waals surface area contributed by atoms with Gasteiger partial charge in [-0.05, 0) is 53.4 Å². The van der Waals surface area contributed by atoms with Crippen LogP contribution in [0.25, 0.3) is 5.57 Å². The maximum absolute atomic E-state index is 2.47. The number of allylic oxidation sites excluding steroid dienone is 4. The summed E-state index contributed by atoms with van der Waals surface area (Å²) in [6.07, 6.45) is 9.75. The minimum atomic E-state index is 0.413. The van der Waals surface area contributed by atoms with Crippen LogP contribution in [0, 0.1) is 5.41 Å². The van der Waals surface area contributed by atoms with Crippen molar-refractivity contribution < 1.29 is 0 Å². The molecule has 0 heteroatoms. The minimum Gasteiger partial charge on any atom is -0.0777 e. The molecule has 0 radical (unpaired) electrons. The van der Waals surface area contributed by atoms with E-state index >= 15 is 0 Å². The molecular formula is C17H20. The van der Waals surface area contributed by atoms with Crippen molar-refractivity contribution in [3.8, 4) is 0 Å². The van der Waals surface area contributed by atoms with Crippen LogP contribution in [-0.4, -0.2) is 0 Å². The van der Waals surface area contributed by atoms with Gasteiger partial charge in [-0.15, -0.1) is 0 Å². The smallest absolute Gasteiger partial charge is 0.00169 e. The van der Waals surface area contributed by atoms with Crippen molar-refractivity contribution in [2.75, 3.05) is 0 Å². The fraction of sp³-hybridized carbons (Fsp3) is 0.412. The van der Waals surface area contributed by atoms with Gasteiger partial charge in [-0.3, -0.25) is 0 Å². The normalized spacial score (nSPS) is 20.4. The van der Waals surface area contributed by atoms with Crippen molar-refractivity contribution in [1.29, 1.82) is 0 Å². The molecule has 0 fully saturated rings. The van der Waals surface area contributed by atoms with Gasteiger partial charge in [0, 0.05) is 0 Å². The SMILES string of the molecule is CCC1(CC)C=CC2=C(C1)c1ccccc1C2. The Morgan fingerprint density at radius 1 is 1.12 bits per heavy atom. The van der Waals surface area contributed by atoms with Gasteiger partial charge < -0.3 is 0 Å². The fourth-order valence-electron chi connectivity index (χ4n) is 3.25. The lowest BCUT2D eigenvalue weighted by molar-refractivity contribution is 0.359. The summed E-state index contributed by atoms with van der Waals surface area (Å²) < 4.78 is 0. The Kier molecular flexibility index (Phi) is 2.47. The standard InChI is InChI=1S/C17H20/c1-3-17(4-2)10-9-14-11-13-7-5-6-8-15(13)16(14)12-17/h5-10H,3-4,11-12H2,1-2H3. The molecule has 0 aromatic heterocycles. The van der Waals surface area contributed by atoms with E-state index in [9.17, 15) is 0 Å². The van der Waals surface area contributed by atoms with Gasteiger partial charge in [0.25, 0.3) is 0 Å². The van der Waals surface area contributed by atoms with Gasteiger partial charge >= 0.3 is 0 Å². The molecule has 0 atom stereocenters. The lowest BCUT2D eigenvalue weighted by Crippen LogP contribution is -2.18. The second-order valence-corrected chi connectivity index (χ2v) is 5.42. The van der Waals surface area contributed by atoms with E-state index in [2.05, 4.69) is 50.3 Å². The van der Waals surface area contributed by atoms with Crippen molar-refractivity contribution in [2.45, 2.75) is 39.5 Å². The molecule has 0 heterocycles. The van der Waals surface area contributed by atoms with Crippen molar-refractivity contribution in [1.82, 2.24) is 0 Å². The molecule has 0 amide bonds. The molecule has 0 nitrogen and oxygen atoms in total. The van der Waals surface area contributed by atoms with Crippen LogP contribution >= 0.6 is 0 Å². The number of rotatable bonds is 2. The van der Waals surface area contributed by atoms with E-state index in [1.165, 1.54) is 30.4 Å². The molecule has 17 heavy (non-hydrogen) atoms. The molecule has 0 saturated heterocycles. The first-order valence-electron chi connectivity index (χ1n) is 6.77. The Hall–Kier alpha value is -1.30. The maximum atomic E-state index is 2.47. The summed E-state index contributed by atoms with van der Waals surface area (Å²) in [4.78, 5) is 0. The van der Waals surface area contributed by atoms with Crippen LogP contribution in [-0.2, 0) is 6.42 Å². The summed E-state index contributed by atoms with van der Waals surface area (Å²) in [5.74, 6) is 0. The van der Waals surface area contributed by atoms with Crippen LogP contribution in [0.4, 0.5) is 0 Å². The fourth-order valence-corrected chi connectivity index (χ4v) is 3.25. The largest absolute Gasteiger partial charge is 0.0777 e. The summed E-state index contributed by atoms with van der Waals surface area (Å²) in [6.45, 7) is 4.64. The predicted molar refractivity (Wildman–Crippen MR) is 73.8 cm³/mol. The van der Waals surface area contributed by atoms with Gasteiger partial charge in [-0.25, -0.2) is 0 Å². The van der Waals surface area contributed by atoms with E-state index in [0.29, 0.717) is 5.41 Å². The third-order valence-electron chi connectivity index (χ3n) is 4.69. The monoisotopic (exact) mass is 224 g/mol. The molecule has 2 aliphatic carbocycles. The first-order chi connectivity index (χ1) is 8.28. The molecule has 2 aliphatic rings. The van der Waals surface area contributed by atoms with Gasteiger partial charge in [0.05, 0.1) is 0 Å². The summed E-state index contributed by atoms with van der Waals surface area (Å²) in [6, 6.07) is 8.91. The first kappa shape index (κ1) is 10.8. The van der Waals surface area contributed by atoms with E-state index in [0.717, 1.165) is 6.42 Å². The van der Waals surface area contributed by atoms with E-state index < -0.39 is 0 Å². The third-order valence-corrected chi connectivity index (χ3v) is 4.69. The molecule has 1 aromatic rings. The number of fused-ring (bicyclic) bond motifs is 2. The number of hydrogen-bond donors (Lipinski definition) is 0. The highest BCUT2D eigenvalue weighted by Gasteiger charge is 2.32. The number of hydrogen-bond acceptors (Lipinski definition) is 0. The van der Waals surface area contributed by atoms with Crippen LogP contribution in [0.3, 0.4) is 0 Å². The van der Waals surface area contributed by atoms with Gasteiger partial charge in [-0.1, -0.05) is 50.3 Å². The van der Waals surface area contributed by atoms with Gasteiger partial charge in [0.1, 0.15) is 0 Å². The van der Waals surface area contributed by atoms with Crippen LogP contribution in [0.15, 0.2) is 42.0 Å². The zero-order valence-corrected chi connectivity index (χ0v) is 10.8.